The molecule has 1 rings (SSSR count). The third kappa shape index (κ3) is 5.54. The zero-order chi connectivity index (χ0) is 16.3. The highest BCUT2D eigenvalue weighted by molar-refractivity contribution is 7.86. The number of ether oxygens (including phenoxy) is 1. The van der Waals surface area contributed by atoms with Gasteiger partial charge in [-0.1, -0.05) is 20.8 Å². The summed E-state index contributed by atoms with van der Waals surface area (Å²) in [7, 11) is -2.14. The molecular weight excluding hydrogens is 296 g/mol. The molecule has 0 amide bonds. The summed E-state index contributed by atoms with van der Waals surface area (Å²) < 4.78 is 32.9. The van der Waals surface area contributed by atoms with Crippen molar-refractivity contribution in [1.29, 1.82) is 0 Å². The fraction of sp³-hybridized carbons (Fsp3) is 0.923. The smallest absolute Gasteiger partial charge is 0.318 e. The summed E-state index contributed by atoms with van der Waals surface area (Å²) in [5.41, 5.74) is -0.312. The molecule has 0 saturated carbocycles. The van der Waals surface area contributed by atoms with E-state index in [1.54, 1.807) is 7.11 Å². The monoisotopic (exact) mass is 322 g/mol. The maximum atomic E-state index is 12.6. The van der Waals surface area contributed by atoms with Crippen LogP contribution < -0.4 is 0 Å². The number of nitrogens with zero attached hydrogens (tertiary/aromatic N) is 2. The van der Waals surface area contributed by atoms with Crippen LogP contribution in [0.4, 0.5) is 0 Å². The highest BCUT2D eigenvalue weighted by atomic mass is 32.2. The minimum absolute atomic E-state index is 0.0759. The first-order valence-corrected chi connectivity index (χ1v) is 8.46. The number of carbonyl (C=O) groups is 1. The van der Waals surface area contributed by atoms with Gasteiger partial charge in [0, 0.05) is 26.7 Å². The van der Waals surface area contributed by atoms with Crippen LogP contribution in [0.5, 0.6) is 0 Å². The fourth-order valence-electron chi connectivity index (χ4n) is 2.36. The van der Waals surface area contributed by atoms with Crippen LogP contribution in [0.25, 0.3) is 0 Å². The first-order valence-electron chi connectivity index (χ1n) is 7.06. The van der Waals surface area contributed by atoms with Crippen molar-refractivity contribution in [3.05, 3.63) is 0 Å². The summed E-state index contributed by atoms with van der Waals surface area (Å²) >= 11 is 0. The van der Waals surface area contributed by atoms with Crippen LogP contribution >= 0.6 is 0 Å². The van der Waals surface area contributed by atoms with Crippen molar-refractivity contribution in [3.8, 4) is 0 Å². The van der Waals surface area contributed by atoms with Gasteiger partial charge in [-0.2, -0.15) is 17.0 Å². The van der Waals surface area contributed by atoms with E-state index in [0.29, 0.717) is 25.9 Å². The average molecular weight is 322 g/mol. The van der Waals surface area contributed by atoms with E-state index >= 15 is 0 Å². The Morgan fingerprint density at radius 3 is 2.24 bits per heavy atom. The van der Waals surface area contributed by atoms with E-state index in [-0.39, 0.29) is 18.1 Å². The van der Waals surface area contributed by atoms with Gasteiger partial charge >= 0.3 is 5.97 Å². The maximum absolute atomic E-state index is 12.6. The largest absolute Gasteiger partial charge is 0.480 e. The maximum Gasteiger partial charge on any atom is 0.318 e. The molecule has 0 aliphatic carbocycles. The number of hydrogen-bond acceptors (Lipinski definition) is 4. The number of piperidine rings is 1. The molecule has 0 aromatic carbocycles. The van der Waals surface area contributed by atoms with Crippen LogP contribution in [0.2, 0.25) is 0 Å². The van der Waals surface area contributed by atoms with E-state index < -0.39 is 22.7 Å². The number of aliphatic carboxylic acids is 1. The molecule has 1 saturated heterocycles. The average Bonchev–Trinajstić information content (AvgIpc) is 2.36. The zero-order valence-electron chi connectivity index (χ0n) is 13.2. The van der Waals surface area contributed by atoms with Crippen LogP contribution in [-0.2, 0) is 19.7 Å². The van der Waals surface area contributed by atoms with E-state index in [2.05, 4.69) is 0 Å². The summed E-state index contributed by atoms with van der Waals surface area (Å²) in [5, 5.41) is 8.98. The molecule has 0 atom stereocenters. The van der Waals surface area contributed by atoms with Gasteiger partial charge in [0.05, 0.1) is 6.10 Å². The Balaban J connectivity index is 2.86. The summed E-state index contributed by atoms with van der Waals surface area (Å²) in [4.78, 5) is 11.0. The quantitative estimate of drug-likeness (QED) is 0.780. The molecule has 1 N–H and O–H groups in total. The van der Waals surface area contributed by atoms with Crippen molar-refractivity contribution < 1.29 is 23.1 Å². The second-order valence-electron chi connectivity index (χ2n) is 6.56. The van der Waals surface area contributed by atoms with Gasteiger partial charge in [-0.25, -0.2) is 0 Å². The van der Waals surface area contributed by atoms with Gasteiger partial charge in [-0.15, -0.1) is 0 Å². The van der Waals surface area contributed by atoms with Crippen molar-refractivity contribution >= 4 is 16.2 Å². The normalized spacial score (nSPS) is 19.1. The van der Waals surface area contributed by atoms with Crippen LogP contribution in [0.1, 0.15) is 33.6 Å². The lowest BCUT2D eigenvalue weighted by Crippen LogP contribution is -2.51. The highest BCUT2D eigenvalue weighted by Crippen LogP contribution is 2.22. The summed E-state index contributed by atoms with van der Waals surface area (Å²) in [5.74, 6) is -1.14. The Hall–Kier alpha value is -0.700. The van der Waals surface area contributed by atoms with Gasteiger partial charge in [0.25, 0.3) is 10.2 Å². The van der Waals surface area contributed by atoms with Crippen LogP contribution in [0, 0.1) is 5.41 Å². The number of methoxy groups -OCH3 is 1. The Morgan fingerprint density at radius 1 is 1.33 bits per heavy atom. The highest BCUT2D eigenvalue weighted by Gasteiger charge is 2.35. The van der Waals surface area contributed by atoms with Gasteiger partial charge in [0.1, 0.15) is 6.54 Å². The second kappa shape index (κ2) is 7.04. The summed E-state index contributed by atoms with van der Waals surface area (Å²) in [6.45, 7) is 6.04. The van der Waals surface area contributed by atoms with Crippen molar-refractivity contribution in [2.45, 2.75) is 39.7 Å². The fourth-order valence-corrected chi connectivity index (χ4v) is 4.18. The molecule has 21 heavy (non-hydrogen) atoms. The number of rotatable bonds is 6. The number of carboxylic acid groups (broad SMARTS) is 1. The molecule has 0 unspecified atom stereocenters. The standard InChI is InChI=1S/C13H26N2O5S/c1-13(2,3)10-15(9-12(16)17)21(18,19)14-7-5-11(20-4)6-8-14/h11H,5-10H2,1-4H3,(H,16,17). The molecule has 0 bridgehead atoms. The molecule has 0 spiro atoms. The van der Waals surface area contributed by atoms with E-state index in [1.807, 2.05) is 20.8 Å². The van der Waals surface area contributed by atoms with Gasteiger partial charge < -0.3 is 9.84 Å². The molecule has 0 aromatic heterocycles. The van der Waals surface area contributed by atoms with Crippen molar-refractivity contribution in [3.63, 3.8) is 0 Å². The minimum Gasteiger partial charge on any atom is -0.480 e. The third-order valence-electron chi connectivity index (χ3n) is 3.35. The lowest BCUT2D eigenvalue weighted by Gasteiger charge is -2.36. The molecule has 1 aliphatic rings. The molecule has 8 heteroatoms. The molecule has 0 radical (unpaired) electrons. The second-order valence-corrected chi connectivity index (χ2v) is 8.49. The lowest BCUT2D eigenvalue weighted by molar-refractivity contribution is -0.137. The molecule has 124 valence electrons. The predicted octanol–water partition coefficient (Wildman–Crippen LogP) is 0.775. The third-order valence-corrected chi connectivity index (χ3v) is 5.28. The van der Waals surface area contributed by atoms with Gasteiger partial charge in [-0.3, -0.25) is 4.79 Å². The molecule has 1 fully saturated rings. The van der Waals surface area contributed by atoms with E-state index in [4.69, 9.17) is 9.84 Å². The Bertz CT molecular complexity index is 450. The van der Waals surface area contributed by atoms with Crippen molar-refractivity contribution in [2.75, 3.05) is 33.3 Å². The topological polar surface area (TPSA) is 87.2 Å². The lowest BCUT2D eigenvalue weighted by atomic mass is 9.97. The first-order chi connectivity index (χ1) is 9.56. The summed E-state index contributed by atoms with van der Waals surface area (Å²) in [6.07, 6.45) is 1.34. The van der Waals surface area contributed by atoms with Gasteiger partial charge in [0.15, 0.2) is 0 Å². The zero-order valence-corrected chi connectivity index (χ0v) is 14.0. The molecular formula is C13H26N2O5S. The number of carboxylic acids is 1. The Labute approximate surface area is 127 Å². The Kier molecular flexibility index (Phi) is 6.15. The Morgan fingerprint density at radius 2 is 1.86 bits per heavy atom. The molecule has 0 aromatic rings. The van der Waals surface area contributed by atoms with Crippen LogP contribution in [0.15, 0.2) is 0 Å². The van der Waals surface area contributed by atoms with E-state index in [0.717, 1.165) is 4.31 Å². The predicted molar refractivity (Wildman–Crippen MR) is 79.2 cm³/mol. The van der Waals surface area contributed by atoms with Crippen molar-refractivity contribution in [2.24, 2.45) is 5.41 Å². The number of hydrogen-bond donors (Lipinski definition) is 1. The first kappa shape index (κ1) is 18.3. The van der Waals surface area contributed by atoms with Gasteiger partial charge in [-0.05, 0) is 18.3 Å². The van der Waals surface area contributed by atoms with Crippen LogP contribution in [0.3, 0.4) is 0 Å². The molecule has 1 heterocycles. The van der Waals surface area contributed by atoms with E-state index in [9.17, 15) is 13.2 Å². The summed E-state index contributed by atoms with van der Waals surface area (Å²) in [6, 6.07) is 0. The van der Waals surface area contributed by atoms with Crippen molar-refractivity contribution in [1.82, 2.24) is 8.61 Å². The van der Waals surface area contributed by atoms with E-state index in [1.165, 1.54) is 4.31 Å². The van der Waals surface area contributed by atoms with Gasteiger partial charge in [0.2, 0.25) is 0 Å². The molecule has 1 aliphatic heterocycles. The van der Waals surface area contributed by atoms with Crippen LogP contribution in [-0.4, -0.2) is 67.5 Å². The minimum atomic E-state index is -3.75. The molecule has 7 nitrogen and oxygen atoms in total. The SMILES string of the molecule is COC1CCN(S(=O)(=O)N(CC(=O)O)CC(C)(C)C)CC1.